The number of rotatable bonds is 5. The van der Waals surface area contributed by atoms with E-state index in [-0.39, 0.29) is 49.5 Å². The van der Waals surface area contributed by atoms with Crippen LogP contribution >= 0.6 is 39.1 Å². The average molecular weight is 651 g/mol. The van der Waals surface area contributed by atoms with E-state index in [1.807, 2.05) is 24.3 Å². The lowest BCUT2D eigenvalue weighted by molar-refractivity contribution is -0.126. The summed E-state index contributed by atoms with van der Waals surface area (Å²) in [6.45, 7) is 2.12. The van der Waals surface area contributed by atoms with Crippen molar-refractivity contribution in [2.45, 2.75) is 23.9 Å². The van der Waals surface area contributed by atoms with Crippen molar-refractivity contribution in [3.63, 3.8) is 0 Å². The van der Waals surface area contributed by atoms with Crippen LogP contribution in [0.5, 0.6) is 0 Å². The zero-order valence-electron chi connectivity index (χ0n) is 20.6. The monoisotopic (exact) mass is 649 g/mol. The lowest BCUT2D eigenvalue weighted by Gasteiger charge is -2.33. The van der Waals surface area contributed by atoms with Gasteiger partial charge in [-0.15, -0.1) is 6.42 Å². The molecule has 5 rings (SSSR count). The molecule has 0 saturated carbocycles. The molecular formula is C26H22BrCl2N5O4S. The van der Waals surface area contributed by atoms with E-state index in [9.17, 15) is 18.0 Å². The number of carbonyl (C=O) groups excluding carboxylic acids is 2. The van der Waals surface area contributed by atoms with Crippen molar-refractivity contribution in [2.75, 3.05) is 31.1 Å². The number of carbonyl (C=O) groups is 2. The Bertz CT molecular complexity index is 1610. The lowest BCUT2D eigenvalue weighted by Crippen LogP contribution is -2.51. The van der Waals surface area contributed by atoms with Crippen LogP contribution in [0.2, 0.25) is 10.0 Å². The largest absolute Gasteiger partial charge is 0.329 e. The van der Waals surface area contributed by atoms with Gasteiger partial charge >= 0.3 is 0 Å². The molecule has 0 N–H and O–H groups in total. The number of benzene rings is 2. The predicted octanol–water partition coefficient (Wildman–Crippen LogP) is 4.05. The van der Waals surface area contributed by atoms with Gasteiger partial charge in [0.2, 0.25) is 5.95 Å². The molecule has 0 aliphatic carbocycles. The van der Waals surface area contributed by atoms with Crippen LogP contribution in [0, 0.1) is 12.3 Å². The van der Waals surface area contributed by atoms with Crippen molar-refractivity contribution in [1.82, 2.24) is 18.8 Å². The summed E-state index contributed by atoms with van der Waals surface area (Å²) in [5.41, 5.74) is -0.156. The fourth-order valence-corrected chi connectivity index (χ4v) is 7.36. The zero-order valence-corrected chi connectivity index (χ0v) is 24.6. The predicted molar refractivity (Wildman–Crippen MR) is 152 cm³/mol. The molecule has 13 heteroatoms. The minimum absolute atomic E-state index is 0.0568. The molecule has 202 valence electrons. The minimum atomic E-state index is -4.11. The summed E-state index contributed by atoms with van der Waals surface area (Å²) < 4.78 is 31.5. The van der Waals surface area contributed by atoms with Gasteiger partial charge in [0, 0.05) is 47.1 Å². The topological polar surface area (TPSA) is 95.8 Å². The van der Waals surface area contributed by atoms with E-state index in [1.165, 1.54) is 24.9 Å². The molecule has 3 aromatic rings. The molecule has 39 heavy (non-hydrogen) atoms. The highest BCUT2D eigenvalue weighted by molar-refractivity contribution is 9.10. The molecule has 1 fully saturated rings. The maximum atomic E-state index is 14.1. The lowest BCUT2D eigenvalue weighted by atomic mass is 9.92. The van der Waals surface area contributed by atoms with E-state index < -0.39 is 21.5 Å². The maximum Gasteiger partial charge on any atom is 0.298 e. The number of amides is 2. The number of piperazine rings is 1. The fraction of sp³-hybridized carbons (Fsp3) is 0.269. The number of sulfonamides is 1. The van der Waals surface area contributed by atoms with Crippen LogP contribution in [0.1, 0.15) is 12.5 Å². The molecule has 1 aromatic heterocycles. The summed E-state index contributed by atoms with van der Waals surface area (Å²) in [5.74, 6) is 1.33. The van der Waals surface area contributed by atoms with Crippen molar-refractivity contribution < 1.29 is 18.0 Å². The Kier molecular flexibility index (Phi) is 7.28. The number of aromatic nitrogens is 2. The molecular weight excluding hydrogens is 629 g/mol. The summed E-state index contributed by atoms with van der Waals surface area (Å²) in [6.07, 6.45) is 6.67. The summed E-state index contributed by atoms with van der Waals surface area (Å²) in [5, 5.41) is 0.507. The first kappa shape index (κ1) is 27.7. The number of imidazole rings is 1. The van der Waals surface area contributed by atoms with E-state index in [2.05, 4.69) is 26.8 Å². The van der Waals surface area contributed by atoms with Gasteiger partial charge in [0.1, 0.15) is 5.54 Å². The van der Waals surface area contributed by atoms with Crippen LogP contribution in [-0.4, -0.2) is 65.2 Å². The Labute approximate surface area is 244 Å². The van der Waals surface area contributed by atoms with Crippen LogP contribution in [0.3, 0.4) is 0 Å². The normalized spacial score (nSPS) is 19.7. The number of terminal acetylenes is 1. The third kappa shape index (κ3) is 4.85. The first-order valence-electron chi connectivity index (χ1n) is 11.8. The van der Waals surface area contributed by atoms with Gasteiger partial charge in [-0.1, -0.05) is 51.3 Å². The van der Waals surface area contributed by atoms with Crippen LogP contribution < -0.4 is 4.90 Å². The van der Waals surface area contributed by atoms with Crippen LogP contribution in [0.4, 0.5) is 11.6 Å². The van der Waals surface area contributed by atoms with Crippen molar-refractivity contribution in [3.8, 4) is 12.3 Å². The number of fused-ring (bicyclic) bond motifs is 1. The highest BCUT2D eigenvalue weighted by atomic mass is 79.9. The van der Waals surface area contributed by atoms with E-state index in [1.54, 1.807) is 25.1 Å². The highest BCUT2D eigenvalue weighted by Crippen LogP contribution is 2.45. The first-order chi connectivity index (χ1) is 18.5. The van der Waals surface area contributed by atoms with Crippen molar-refractivity contribution in [1.29, 1.82) is 0 Å². The molecule has 9 nitrogen and oxygen atoms in total. The standard InChI is InChI=1S/C26H22BrCl2N5O4S/c1-3-22(35)31-8-10-32(11-9-31)39(37,38)23-16-30-25-33(21-13-19(28)12-20(29)14-21)24(36)26(2,34(23)25)15-17-4-6-18(27)7-5-17/h1,4-7,12-14,16H,8-11,15H2,2H3. The Morgan fingerprint density at radius 3 is 2.31 bits per heavy atom. The van der Waals surface area contributed by atoms with Crippen LogP contribution in [0.25, 0.3) is 0 Å². The van der Waals surface area contributed by atoms with Gasteiger partial charge in [0.25, 0.3) is 21.8 Å². The third-order valence-electron chi connectivity index (χ3n) is 6.89. The van der Waals surface area contributed by atoms with E-state index in [0.29, 0.717) is 15.7 Å². The number of halogens is 3. The smallest absolute Gasteiger partial charge is 0.298 e. The fourth-order valence-electron chi connectivity index (χ4n) is 4.97. The molecule has 0 spiro atoms. The number of anilines is 2. The van der Waals surface area contributed by atoms with Gasteiger partial charge in [-0.2, -0.15) is 4.31 Å². The molecule has 0 bridgehead atoms. The molecule has 1 saturated heterocycles. The molecule has 1 unspecified atom stereocenters. The molecule has 1 atom stereocenters. The van der Waals surface area contributed by atoms with Gasteiger partial charge < -0.3 is 4.90 Å². The molecule has 2 aliphatic rings. The van der Waals surface area contributed by atoms with Crippen molar-refractivity contribution in [2.24, 2.45) is 0 Å². The molecule has 2 amide bonds. The summed E-state index contributed by atoms with van der Waals surface area (Å²) in [6, 6.07) is 12.1. The number of hydrogen-bond donors (Lipinski definition) is 0. The minimum Gasteiger partial charge on any atom is -0.329 e. The van der Waals surface area contributed by atoms with E-state index >= 15 is 0 Å². The summed E-state index contributed by atoms with van der Waals surface area (Å²) in [4.78, 5) is 33.2. The maximum absolute atomic E-state index is 14.1. The Hall–Kier alpha value is -2.88. The molecule has 2 aromatic carbocycles. The van der Waals surface area contributed by atoms with Gasteiger partial charge in [0.05, 0.1) is 11.9 Å². The zero-order chi connectivity index (χ0) is 28.1. The number of nitrogens with zero attached hydrogens (tertiary/aromatic N) is 5. The van der Waals surface area contributed by atoms with Crippen LogP contribution in [0.15, 0.2) is 58.2 Å². The van der Waals surface area contributed by atoms with E-state index in [0.717, 1.165) is 10.0 Å². The van der Waals surface area contributed by atoms with Gasteiger partial charge in [-0.3, -0.25) is 14.2 Å². The average Bonchev–Trinajstić information content (AvgIpc) is 3.43. The Morgan fingerprint density at radius 2 is 1.72 bits per heavy atom. The molecule has 2 aliphatic heterocycles. The van der Waals surface area contributed by atoms with Gasteiger partial charge in [0.15, 0.2) is 5.03 Å². The van der Waals surface area contributed by atoms with Gasteiger partial charge in [-0.05, 0) is 48.7 Å². The van der Waals surface area contributed by atoms with Crippen LogP contribution in [-0.2, 0) is 31.6 Å². The first-order valence-corrected chi connectivity index (χ1v) is 14.8. The second-order valence-electron chi connectivity index (χ2n) is 9.42. The molecule has 3 heterocycles. The SMILES string of the molecule is C#CC(=O)N1CCN(S(=O)(=O)c2cnc3n2C(C)(Cc2ccc(Br)cc2)C(=O)N3c2cc(Cl)cc(Cl)c2)CC1. The van der Waals surface area contributed by atoms with E-state index in [4.69, 9.17) is 29.6 Å². The molecule has 0 radical (unpaired) electrons. The summed E-state index contributed by atoms with van der Waals surface area (Å²) in [7, 11) is -4.11. The highest BCUT2D eigenvalue weighted by Gasteiger charge is 2.52. The second-order valence-corrected chi connectivity index (χ2v) is 13.1. The Morgan fingerprint density at radius 1 is 1.10 bits per heavy atom. The number of hydrogen-bond acceptors (Lipinski definition) is 5. The van der Waals surface area contributed by atoms with Gasteiger partial charge in [-0.25, -0.2) is 18.3 Å². The quantitative estimate of drug-likeness (QED) is 0.388. The Balaban J connectivity index is 1.61. The second kappa shape index (κ2) is 10.3. The van der Waals surface area contributed by atoms with Crippen molar-refractivity contribution in [3.05, 3.63) is 68.7 Å². The third-order valence-corrected chi connectivity index (χ3v) is 9.72. The van der Waals surface area contributed by atoms with Crippen molar-refractivity contribution >= 4 is 72.6 Å². The summed E-state index contributed by atoms with van der Waals surface area (Å²) >= 11 is 15.9.